The molecular formula is C22H23NO3. The highest BCUT2D eigenvalue weighted by molar-refractivity contribution is 5.88. The first-order chi connectivity index (χ1) is 12.7. The quantitative estimate of drug-likeness (QED) is 0.637. The number of fused-ring (bicyclic) bond motifs is 1. The predicted octanol–water partition coefficient (Wildman–Crippen LogP) is 5.52. The van der Waals surface area contributed by atoms with Crippen LogP contribution in [0, 0.1) is 5.92 Å². The van der Waals surface area contributed by atoms with Crippen molar-refractivity contribution in [2.75, 3.05) is 11.9 Å². The zero-order valence-electron chi connectivity index (χ0n) is 14.7. The van der Waals surface area contributed by atoms with Gasteiger partial charge in [-0.2, -0.15) is 0 Å². The van der Waals surface area contributed by atoms with Crippen LogP contribution in [0.25, 0.3) is 11.0 Å². The number of carboxylic acids is 1. The van der Waals surface area contributed by atoms with Gasteiger partial charge in [-0.15, -0.1) is 0 Å². The van der Waals surface area contributed by atoms with Crippen molar-refractivity contribution in [3.63, 3.8) is 0 Å². The summed E-state index contributed by atoms with van der Waals surface area (Å²) in [6.45, 7) is 0.869. The second kappa shape index (κ2) is 7.24. The largest absolute Gasteiger partial charge is 0.478 e. The predicted molar refractivity (Wildman–Crippen MR) is 103 cm³/mol. The molecule has 3 aromatic rings. The van der Waals surface area contributed by atoms with Crippen LogP contribution < -0.4 is 5.32 Å². The van der Waals surface area contributed by atoms with Gasteiger partial charge < -0.3 is 14.8 Å². The van der Waals surface area contributed by atoms with Crippen LogP contribution in [-0.4, -0.2) is 17.6 Å². The van der Waals surface area contributed by atoms with Gasteiger partial charge in [0.15, 0.2) is 0 Å². The zero-order valence-corrected chi connectivity index (χ0v) is 14.7. The summed E-state index contributed by atoms with van der Waals surface area (Å²) in [5.41, 5.74) is 2.24. The number of benzene rings is 2. The van der Waals surface area contributed by atoms with Crippen molar-refractivity contribution in [3.8, 4) is 0 Å². The Kier molecular flexibility index (Phi) is 4.65. The summed E-state index contributed by atoms with van der Waals surface area (Å²) >= 11 is 0. The molecular weight excluding hydrogens is 326 g/mol. The molecule has 1 heterocycles. The van der Waals surface area contributed by atoms with Crippen LogP contribution in [0.2, 0.25) is 0 Å². The summed E-state index contributed by atoms with van der Waals surface area (Å²) in [4.78, 5) is 11.0. The van der Waals surface area contributed by atoms with Gasteiger partial charge in [-0.1, -0.05) is 31.0 Å². The van der Waals surface area contributed by atoms with E-state index in [2.05, 4.69) is 17.4 Å². The minimum atomic E-state index is -0.895. The molecule has 2 N–H and O–H groups in total. The van der Waals surface area contributed by atoms with E-state index in [-0.39, 0.29) is 0 Å². The highest BCUT2D eigenvalue weighted by Gasteiger charge is 2.29. The molecule has 4 nitrogen and oxygen atoms in total. The second-order valence-electron chi connectivity index (χ2n) is 7.10. The van der Waals surface area contributed by atoms with Crippen molar-refractivity contribution >= 4 is 22.6 Å². The molecule has 0 bridgehead atoms. The lowest BCUT2D eigenvalue weighted by Crippen LogP contribution is -2.24. The average molecular weight is 349 g/mol. The van der Waals surface area contributed by atoms with Crippen LogP contribution in [-0.2, 0) is 0 Å². The first-order valence-corrected chi connectivity index (χ1v) is 9.26. The molecule has 0 aliphatic heterocycles. The maximum Gasteiger partial charge on any atom is 0.335 e. The van der Waals surface area contributed by atoms with E-state index in [0.29, 0.717) is 17.4 Å². The molecule has 1 aliphatic rings. The molecule has 1 saturated carbocycles. The first kappa shape index (κ1) is 16.7. The number of para-hydroxylation sites is 1. The Balaban J connectivity index is 1.47. The molecule has 2 aromatic carbocycles. The number of anilines is 1. The Morgan fingerprint density at radius 2 is 1.85 bits per heavy atom. The van der Waals surface area contributed by atoms with Gasteiger partial charge in [-0.3, -0.25) is 0 Å². The minimum Gasteiger partial charge on any atom is -0.478 e. The molecule has 134 valence electrons. The number of nitrogens with one attached hydrogen (secondary N) is 1. The van der Waals surface area contributed by atoms with Crippen LogP contribution >= 0.6 is 0 Å². The molecule has 4 heteroatoms. The van der Waals surface area contributed by atoms with E-state index < -0.39 is 5.97 Å². The fraction of sp³-hybridized carbons (Fsp3) is 0.318. The summed E-state index contributed by atoms with van der Waals surface area (Å²) in [5, 5.41) is 13.6. The van der Waals surface area contributed by atoms with Gasteiger partial charge in [0.1, 0.15) is 11.3 Å². The molecule has 26 heavy (non-hydrogen) atoms. The summed E-state index contributed by atoms with van der Waals surface area (Å²) in [7, 11) is 0. The third kappa shape index (κ3) is 3.45. The Bertz CT molecular complexity index is 864. The molecule has 2 unspecified atom stereocenters. The standard InChI is InChI=1S/C22H23NO3/c24-22(25)15-9-11-18(12-10-15)23-14-17-6-1-3-7-19(17)21-13-16-5-2-4-8-20(16)26-21/h2,4-5,8-13,17,19,23H,1,3,6-7,14H2,(H,24,25). The van der Waals surface area contributed by atoms with Gasteiger partial charge in [0, 0.05) is 23.5 Å². The maximum atomic E-state index is 11.0. The van der Waals surface area contributed by atoms with E-state index in [1.54, 1.807) is 12.1 Å². The summed E-state index contributed by atoms with van der Waals surface area (Å²) < 4.78 is 6.14. The Hall–Kier alpha value is -2.75. The SMILES string of the molecule is O=C(O)c1ccc(NCC2CCCCC2c2cc3ccccc3o2)cc1. The van der Waals surface area contributed by atoms with E-state index >= 15 is 0 Å². The number of hydrogen-bond donors (Lipinski definition) is 2. The van der Waals surface area contributed by atoms with E-state index in [9.17, 15) is 4.79 Å². The van der Waals surface area contributed by atoms with Crippen molar-refractivity contribution < 1.29 is 14.3 Å². The molecule has 0 amide bonds. The van der Waals surface area contributed by atoms with Crippen LogP contribution in [0.15, 0.2) is 59.0 Å². The summed E-state index contributed by atoms with van der Waals surface area (Å²) in [5.74, 6) is 1.15. The smallest absolute Gasteiger partial charge is 0.335 e. The number of carboxylic acid groups (broad SMARTS) is 1. The van der Waals surface area contributed by atoms with E-state index in [4.69, 9.17) is 9.52 Å². The Morgan fingerprint density at radius 1 is 1.08 bits per heavy atom. The summed E-state index contributed by atoms with van der Waals surface area (Å²) in [6, 6.07) is 17.3. The fourth-order valence-electron chi connectivity index (χ4n) is 3.99. The van der Waals surface area contributed by atoms with Gasteiger partial charge in [-0.05, 0) is 55.2 Å². The van der Waals surface area contributed by atoms with Gasteiger partial charge in [-0.25, -0.2) is 4.79 Å². The molecule has 4 rings (SSSR count). The molecule has 0 radical (unpaired) electrons. The molecule has 1 aliphatic carbocycles. The third-order valence-electron chi connectivity index (χ3n) is 5.42. The highest BCUT2D eigenvalue weighted by atomic mass is 16.4. The van der Waals surface area contributed by atoms with Crippen molar-refractivity contribution in [1.82, 2.24) is 0 Å². The van der Waals surface area contributed by atoms with Crippen LogP contribution in [0.4, 0.5) is 5.69 Å². The third-order valence-corrected chi connectivity index (χ3v) is 5.42. The van der Waals surface area contributed by atoms with Gasteiger partial charge in [0.05, 0.1) is 5.56 Å². The zero-order chi connectivity index (χ0) is 17.9. The average Bonchev–Trinajstić information content (AvgIpc) is 3.11. The Labute approximate surface area is 152 Å². The molecule has 0 saturated heterocycles. The molecule has 1 fully saturated rings. The highest BCUT2D eigenvalue weighted by Crippen LogP contribution is 2.40. The topological polar surface area (TPSA) is 62.5 Å². The second-order valence-corrected chi connectivity index (χ2v) is 7.10. The van der Waals surface area contributed by atoms with Crippen molar-refractivity contribution in [2.45, 2.75) is 31.6 Å². The molecule has 1 aromatic heterocycles. The van der Waals surface area contributed by atoms with Crippen molar-refractivity contribution in [2.24, 2.45) is 5.92 Å². The number of furan rings is 1. The summed E-state index contributed by atoms with van der Waals surface area (Å²) in [6.07, 6.45) is 4.83. The normalized spacial score (nSPS) is 20.2. The minimum absolute atomic E-state index is 0.313. The lowest BCUT2D eigenvalue weighted by Gasteiger charge is -2.30. The number of rotatable bonds is 5. The van der Waals surface area contributed by atoms with Crippen molar-refractivity contribution in [1.29, 1.82) is 0 Å². The first-order valence-electron chi connectivity index (χ1n) is 9.26. The van der Waals surface area contributed by atoms with E-state index in [1.807, 2.05) is 30.3 Å². The van der Waals surface area contributed by atoms with Gasteiger partial charge in [0.2, 0.25) is 0 Å². The van der Waals surface area contributed by atoms with Crippen LogP contribution in [0.5, 0.6) is 0 Å². The fourth-order valence-corrected chi connectivity index (χ4v) is 3.99. The number of aromatic carboxylic acids is 1. The lowest BCUT2D eigenvalue weighted by atomic mass is 9.77. The molecule has 2 atom stereocenters. The monoisotopic (exact) mass is 349 g/mol. The van der Waals surface area contributed by atoms with E-state index in [1.165, 1.54) is 24.6 Å². The lowest BCUT2D eigenvalue weighted by molar-refractivity contribution is 0.0697. The number of hydrogen-bond acceptors (Lipinski definition) is 3. The van der Waals surface area contributed by atoms with E-state index in [0.717, 1.165) is 30.0 Å². The van der Waals surface area contributed by atoms with Crippen LogP contribution in [0.3, 0.4) is 0 Å². The van der Waals surface area contributed by atoms with Crippen molar-refractivity contribution in [3.05, 3.63) is 65.9 Å². The maximum absolute atomic E-state index is 11.0. The van der Waals surface area contributed by atoms with Gasteiger partial charge >= 0.3 is 5.97 Å². The number of carbonyl (C=O) groups is 1. The molecule has 0 spiro atoms. The Morgan fingerprint density at radius 3 is 2.62 bits per heavy atom. The van der Waals surface area contributed by atoms with Gasteiger partial charge in [0.25, 0.3) is 0 Å². The van der Waals surface area contributed by atoms with Crippen LogP contribution in [0.1, 0.15) is 47.7 Å².